The summed E-state index contributed by atoms with van der Waals surface area (Å²) in [5.74, 6) is 0.955. The number of fused-ring (bicyclic) bond motifs is 1. The van der Waals surface area contributed by atoms with Crippen molar-refractivity contribution in [3.05, 3.63) is 47.3 Å². The second-order valence-corrected chi connectivity index (χ2v) is 9.71. The number of anilines is 1. The Kier molecular flexibility index (Phi) is 6.12. The van der Waals surface area contributed by atoms with Gasteiger partial charge in [-0.2, -0.15) is 0 Å². The maximum absolute atomic E-state index is 9.51. The first-order chi connectivity index (χ1) is 14.4. The quantitative estimate of drug-likeness (QED) is 0.535. The van der Waals surface area contributed by atoms with Gasteiger partial charge in [0.05, 0.1) is 5.69 Å². The van der Waals surface area contributed by atoms with Crippen molar-refractivity contribution < 1.29 is 5.11 Å². The van der Waals surface area contributed by atoms with Crippen LogP contribution in [0, 0.1) is 19.8 Å². The fraction of sp³-hybridized carbons (Fsp3) is 0.480. The minimum Gasteiger partial charge on any atom is -0.396 e. The zero-order valence-corrected chi connectivity index (χ0v) is 19.6. The molecule has 0 amide bonds. The monoisotopic (exact) mass is 423 g/mol. The van der Waals surface area contributed by atoms with Crippen molar-refractivity contribution in [3.8, 4) is 5.69 Å². The van der Waals surface area contributed by atoms with E-state index in [0.29, 0.717) is 18.4 Å². The van der Waals surface area contributed by atoms with Crippen molar-refractivity contribution >= 4 is 28.5 Å². The molecule has 1 saturated heterocycles. The van der Waals surface area contributed by atoms with Gasteiger partial charge in [-0.25, -0.2) is 4.98 Å². The minimum atomic E-state index is 0.303. The maximum atomic E-state index is 9.51. The van der Waals surface area contributed by atoms with Crippen molar-refractivity contribution in [3.63, 3.8) is 0 Å². The topological polar surface area (TPSA) is 41.3 Å². The van der Waals surface area contributed by atoms with Gasteiger partial charge in [-0.1, -0.05) is 19.9 Å². The van der Waals surface area contributed by atoms with Crippen LogP contribution < -0.4 is 4.90 Å². The van der Waals surface area contributed by atoms with Gasteiger partial charge in [0.1, 0.15) is 5.65 Å². The van der Waals surface area contributed by atoms with Gasteiger partial charge < -0.3 is 10.0 Å². The van der Waals surface area contributed by atoms with Crippen LogP contribution in [0.25, 0.3) is 16.7 Å². The number of aryl methyl sites for hydroxylation is 2. The summed E-state index contributed by atoms with van der Waals surface area (Å²) in [6.45, 7) is 11.1. The molecular weight excluding hydrogens is 390 g/mol. The highest BCUT2D eigenvalue weighted by Crippen LogP contribution is 2.37. The number of aliphatic hydroxyl groups is 1. The number of benzene rings is 1. The Balaban J connectivity index is 1.84. The average molecular weight is 424 g/mol. The summed E-state index contributed by atoms with van der Waals surface area (Å²) >= 11 is 1.80. The Morgan fingerprint density at radius 2 is 1.87 bits per heavy atom. The third-order valence-electron chi connectivity index (χ3n) is 6.40. The molecule has 4 rings (SSSR count). The number of aliphatic hydroxyl groups excluding tert-OH is 1. The van der Waals surface area contributed by atoms with Crippen molar-refractivity contribution in [2.24, 2.45) is 5.92 Å². The number of hydrogen-bond acceptors (Lipinski definition) is 4. The molecule has 3 heterocycles. The predicted octanol–water partition coefficient (Wildman–Crippen LogP) is 5.70. The summed E-state index contributed by atoms with van der Waals surface area (Å²) in [7, 11) is 0. The molecule has 0 spiro atoms. The molecule has 0 unspecified atom stereocenters. The highest BCUT2D eigenvalue weighted by molar-refractivity contribution is 7.98. The Morgan fingerprint density at radius 3 is 2.50 bits per heavy atom. The first-order valence-electron chi connectivity index (χ1n) is 11.0. The molecule has 160 valence electrons. The molecule has 1 aromatic carbocycles. The smallest absolute Gasteiger partial charge is 0.147 e. The molecule has 5 heteroatoms. The minimum absolute atomic E-state index is 0.303. The van der Waals surface area contributed by atoms with Crippen molar-refractivity contribution in [1.29, 1.82) is 0 Å². The molecule has 0 bridgehead atoms. The molecule has 2 aromatic heterocycles. The van der Waals surface area contributed by atoms with E-state index in [4.69, 9.17) is 4.98 Å². The third-order valence-corrected chi connectivity index (χ3v) is 7.16. The second kappa shape index (κ2) is 8.64. The first kappa shape index (κ1) is 21.3. The molecule has 0 saturated carbocycles. The van der Waals surface area contributed by atoms with Crippen LogP contribution in [0.4, 0.5) is 5.69 Å². The predicted molar refractivity (Wildman–Crippen MR) is 128 cm³/mol. The zero-order chi connectivity index (χ0) is 21.4. The van der Waals surface area contributed by atoms with Crippen LogP contribution in [0.15, 0.2) is 35.4 Å². The van der Waals surface area contributed by atoms with E-state index in [1.54, 1.807) is 11.8 Å². The van der Waals surface area contributed by atoms with Crippen molar-refractivity contribution in [2.75, 3.05) is 30.9 Å². The molecule has 3 aromatic rings. The van der Waals surface area contributed by atoms with Gasteiger partial charge in [0, 0.05) is 47.6 Å². The lowest BCUT2D eigenvalue weighted by Crippen LogP contribution is -2.35. The number of hydrogen-bond donors (Lipinski definition) is 1. The summed E-state index contributed by atoms with van der Waals surface area (Å²) in [5.41, 5.74) is 7.21. The fourth-order valence-electron chi connectivity index (χ4n) is 4.55. The Hall–Kier alpha value is -1.98. The highest BCUT2D eigenvalue weighted by Gasteiger charge is 2.23. The van der Waals surface area contributed by atoms with Crippen molar-refractivity contribution in [1.82, 2.24) is 9.55 Å². The van der Waals surface area contributed by atoms with Gasteiger partial charge in [-0.15, -0.1) is 11.8 Å². The van der Waals surface area contributed by atoms with Crippen LogP contribution in [-0.4, -0.2) is 40.6 Å². The maximum Gasteiger partial charge on any atom is 0.147 e. The van der Waals surface area contributed by atoms with E-state index in [-0.39, 0.29) is 0 Å². The number of piperidine rings is 1. The fourth-order valence-corrected chi connectivity index (χ4v) is 5.18. The van der Waals surface area contributed by atoms with E-state index in [2.05, 4.69) is 73.9 Å². The van der Waals surface area contributed by atoms with Gasteiger partial charge in [0.25, 0.3) is 0 Å². The van der Waals surface area contributed by atoms with E-state index in [9.17, 15) is 5.11 Å². The molecule has 30 heavy (non-hydrogen) atoms. The molecule has 1 fully saturated rings. The summed E-state index contributed by atoms with van der Waals surface area (Å²) in [5, 5.41) is 10.8. The highest BCUT2D eigenvalue weighted by atomic mass is 32.2. The molecule has 0 radical (unpaired) electrons. The second-order valence-electron chi connectivity index (χ2n) is 8.86. The average Bonchev–Trinajstić information content (AvgIpc) is 3.08. The summed E-state index contributed by atoms with van der Waals surface area (Å²) in [4.78, 5) is 8.75. The van der Waals surface area contributed by atoms with E-state index in [1.807, 2.05) is 0 Å². The summed E-state index contributed by atoms with van der Waals surface area (Å²) in [6, 6.07) is 9.05. The molecule has 1 aliphatic rings. The lowest BCUT2D eigenvalue weighted by molar-refractivity contribution is 0.203. The van der Waals surface area contributed by atoms with Crippen LogP contribution in [-0.2, 0) is 0 Å². The molecule has 4 nitrogen and oxygen atoms in total. The SMILES string of the molecule is CSc1cc(C(C)C)ccc1-n1cc(C)c2c(N3CCC(CO)CC3)cc(C)nc21. The number of aromatic nitrogens is 2. The van der Waals surface area contributed by atoms with E-state index in [1.165, 1.54) is 32.8 Å². The molecule has 0 aliphatic carbocycles. The normalized spacial score (nSPS) is 15.5. The third kappa shape index (κ3) is 3.85. The van der Waals surface area contributed by atoms with Gasteiger partial charge in [-0.05, 0) is 74.1 Å². The van der Waals surface area contributed by atoms with Crippen LogP contribution in [0.2, 0.25) is 0 Å². The Morgan fingerprint density at radius 1 is 1.13 bits per heavy atom. The molecule has 1 N–H and O–H groups in total. The number of thioether (sulfide) groups is 1. The van der Waals surface area contributed by atoms with E-state index in [0.717, 1.165) is 37.3 Å². The van der Waals surface area contributed by atoms with Crippen LogP contribution in [0.1, 0.15) is 49.4 Å². The molecular formula is C25H33N3OS. The Bertz CT molecular complexity index is 1050. The van der Waals surface area contributed by atoms with Gasteiger partial charge in [0.15, 0.2) is 0 Å². The van der Waals surface area contributed by atoms with E-state index >= 15 is 0 Å². The van der Waals surface area contributed by atoms with Crippen molar-refractivity contribution in [2.45, 2.75) is 51.3 Å². The lowest BCUT2D eigenvalue weighted by atomic mass is 9.97. The zero-order valence-electron chi connectivity index (χ0n) is 18.8. The van der Waals surface area contributed by atoms with Gasteiger partial charge >= 0.3 is 0 Å². The van der Waals surface area contributed by atoms with Crippen LogP contribution in [0.5, 0.6) is 0 Å². The van der Waals surface area contributed by atoms with Gasteiger partial charge in [-0.3, -0.25) is 4.57 Å². The van der Waals surface area contributed by atoms with Gasteiger partial charge in [0.2, 0.25) is 0 Å². The standard InChI is InChI=1S/C25H33N3OS/c1-16(2)20-6-7-21(23(13-20)30-5)28-14-17(3)24-22(12-18(4)26-25(24)28)27-10-8-19(15-29)9-11-27/h6-7,12-14,16,19,29H,8-11,15H2,1-5H3. The lowest BCUT2D eigenvalue weighted by Gasteiger charge is -2.33. The van der Waals surface area contributed by atoms with Crippen LogP contribution in [0.3, 0.4) is 0 Å². The summed E-state index contributed by atoms with van der Waals surface area (Å²) < 4.78 is 2.28. The number of pyridine rings is 1. The molecule has 1 aliphatic heterocycles. The summed E-state index contributed by atoms with van der Waals surface area (Å²) in [6.07, 6.45) is 6.49. The van der Waals surface area contributed by atoms with Crippen LogP contribution >= 0.6 is 11.8 Å². The largest absolute Gasteiger partial charge is 0.396 e. The number of nitrogens with zero attached hydrogens (tertiary/aromatic N) is 3. The Labute approximate surface area is 184 Å². The van der Waals surface area contributed by atoms with E-state index < -0.39 is 0 Å². The molecule has 0 atom stereocenters. The first-order valence-corrected chi connectivity index (χ1v) is 12.2. The number of rotatable bonds is 5.